The van der Waals surface area contributed by atoms with E-state index in [2.05, 4.69) is 4.98 Å². The van der Waals surface area contributed by atoms with Gasteiger partial charge in [-0.3, -0.25) is 9.78 Å². The van der Waals surface area contributed by atoms with E-state index in [1.807, 2.05) is 17.5 Å². The van der Waals surface area contributed by atoms with Crippen LogP contribution in [0.15, 0.2) is 36.0 Å². The predicted octanol–water partition coefficient (Wildman–Crippen LogP) is 1.91. The minimum atomic E-state index is -0.443. The number of primary amides is 1. The first kappa shape index (κ1) is 8.90. The summed E-state index contributed by atoms with van der Waals surface area (Å²) < 4.78 is 0. The average molecular weight is 204 g/mol. The molecule has 0 atom stereocenters. The second kappa shape index (κ2) is 3.59. The fourth-order valence-electron chi connectivity index (χ4n) is 1.24. The number of carbonyl (C=O) groups excluding carboxylic acids is 1. The van der Waals surface area contributed by atoms with Crippen molar-refractivity contribution in [2.75, 3.05) is 0 Å². The number of carbonyl (C=O) groups is 1. The third-order valence-corrected chi connectivity index (χ3v) is 2.78. The van der Waals surface area contributed by atoms with E-state index < -0.39 is 5.91 Å². The van der Waals surface area contributed by atoms with Gasteiger partial charge in [0.05, 0.1) is 5.56 Å². The highest BCUT2D eigenvalue weighted by Gasteiger charge is 2.09. The van der Waals surface area contributed by atoms with Gasteiger partial charge in [0.2, 0.25) is 0 Å². The van der Waals surface area contributed by atoms with Crippen molar-refractivity contribution in [1.29, 1.82) is 0 Å². The summed E-state index contributed by atoms with van der Waals surface area (Å²) in [7, 11) is 0. The number of nitrogens with zero attached hydrogens (tertiary/aromatic N) is 1. The smallest absolute Gasteiger partial charge is 0.250 e. The molecule has 0 bridgehead atoms. The molecule has 1 amide bonds. The summed E-state index contributed by atoms with van der Waals surface area (Å²) in [6.45, 7) is 0. The van der Waals surface area contributed by atoms with Crippen LogP contribution in [0.1, 0.15) is 10.4 Å². The molecule has 0 aromatic carbocycles. The van der Waals surface area contributed by atoms with Crippen molar-refractivity contribution in [2.24, 2.45) is 5.73 Å². The quantitative estimate of drug-likeness (QED) is 0.812. The molecule has 2 aromatic heterocycles. The molecule has 0 aliphatic carbocycles. The molecule has 0 aliphatic rings. The van der Waals surface area contributed by atoms with Gasteiger partial charge in [0.1, 0.15) is 0 Å². The Hall–Kier alpha value is -1.68. The number of pyridine rings is 1. The van der Waals surface area contributed by atoms with Gasteiger partial charge in [-0.2, -0.15) is 0 Å². The van der Waals surface area contributed by atoms with E-state index >= 15 is 0 Å². The Balaban J connectivity index is 2.58. The lowest BCUT2D eigenvalue weighted by atomic mass is 10.1. The van der Waals surface area contributed by atoms with E-state index in [0.717, 1.165) is 10.4 Å². The van der Waals surface area contributed by atoms with E-state index in [1.54, 1.807) is 23.6 Å². The Bertz CT molecular complexity index is 451. The molecule has 70 valence electrons. The van der Waals surface area contributed by atoms with E-state index in [4.69, 9.17) is 5.73 Å². The standard InChI is InChI=1S/C10H8N2OS/c11-10(13)8-6-12-4-3-7(8)9-2-1-5-14-9/h1-6H,(H2,11,13). The van der Waals surface area contributed by atoms with Crippen LogP contribution in [0, 0.1) is 0 Å². The number of amides is 1. The van der Waals surface area contributed by atoms with Crippen LogP contribution in [-0.2, 0) is 0 Å². The highest BCUT2D eigenvalue weighted by atomic mass is 32.1. The van der Waals surface area contributed by atoms with E-state index in [1.165, 1.54) is 6.20 Å². The average Bonchev–Trinajstić information content (AvgIpc) is 2.70. The van der Waals surface area contributed by atoms with Gasteiger partial charge in [0.25, 0.3) is 5.91 Å². The molecule has 0 spiro atoms. The SMILES string of the molecule is NC(=O)c1cnccc1-c1cccs1. The summed E-state index contributed by atoms with van der Waals surface area (Å²) in [6.07, 6.45) is 3.15. The zero-order valence-electron chi connectivity index (χ0n) is 7.31. The Labute approximate surface area is 85.2 Å². The summed E-state index contributed by atoms with van der Waals surface area (Å²) in [6, 6.07) is 5.68. The number of thiophene rings is 1. The molecule has 0 saturated heterocycles. The fraction of sp³-hybridized carbons (Fsp3) is 0. The van der Waals surface area contributed by atoms with Crippen molar-refractivity contribution in [2.45, 2.75) is 0 Å². The van der Waals surface area contributed by atoms with Crippen LogP contribution in [0.2, 0.25) is 0 Å². The maximum absolute atomic E-state index is 11.1. The molecule has 0 unspecified atom stereocenters. The largest absolute Gasteiger partial charge is 0.366 e. The Morgan fingerprint density at radius 1 is 1.43 bits per heavy atom. The van der Waals surface area contributed by atoms with Crippen molar-refractivity contribution in [3.05, 3.63) is 41.5 Å². The molecule has 14 heavy (non-hydrogen) atoms. The van der Waals surface area contributed by atoms with Gasteiger partial charge >= 0.3 is 0 Å². The summed E-state index contributed by atoms with van der Waals surface area (Å²) in [4.78, 5) is 16.0. The Kier molecular flexibility index (Phi) is 2.28. The summed E-state index contributed by atoms with van der Waals surface area (Å²) in [5, 5.41) is 1.96. The second-order valence-corrected chi connectivity index (χ2v) is 3.71. The van der Waals surface area contributed by atoms with Crippen LogP contribution in [0.4, 0.5) is 0 Å². The van der Waals surface area contributed by atoms with Crippen molar-refractivity contribution < 1.29 is 4.79 Å². The molecule has 0 radical (unpaired) electrons. The van der Waals surface area contributed by atoms with Crippen molar-refractivity contribution in [3.63, 3.8) is 0 Å². The first-order valence-electron chi connectivity index (χ1n) is 4.07. The molecule has 0 fully saturated rings. The molecular weight excluding hydrogens is 196 g/mol. The first-order valence-corrected chi connectivity index (χ1v) is 4.94. The van der Waals surface area contributed by atoms with Gasteiger partial charge in [-0.1, -0.05) is 6.07 Å². The number of rotatable bonds is 2. The number of hydrogen-bond donors (Lipinski definition) is 1. The highest BCUT2D eigenvalue weighted by molar-refractivity contribution is 7.13. The summed E-state index contributed by atoms with van der Waals surface area (Å²) >= 11 is 1.57. The molecule has 0 saturated carbocycles. The van der Waals surface area contributed by atoms with Crippen LogP contribution in [0.3, 0.4) is 0 Å². The van der Waals surface area contributed by atoms with E-state index in [9.17, 15) is 4.79 Å². The molecule has 4 heteroatoms. The van der Waals surface area contributed by atoms with Crippen molar-refractivity contribution >= 4 is 17.2 Å². The van der Waals surface area contributed by atoms with Crippen LogP contribution in [-0.4, -0.2) is 10.9 Å². The van der Waals surface area contributed by atoms with Gasteiger partial charge in [-0.25, -0.2) is 0 Å². The van der Waals surface area contributed by atoms with Crippen molar-refractivity contribution in [3.8, 4) is 10.4 Å². The minimum Gasteiger partial charge on any atom is -0.366 e. The van der Waals surface area contributed by atoms with E-state index in [0.29, 0.717) is 5.56 Å². The molecule has 2 heterocycles. The summed E-state index contributed by atoms with van der Waals surface area (Å²) in [5.74, 6) is -0.443. The normalized spacial score (nSPS) is 10.0. The predicted molar refractivity (Wildman–Crippen MR) is 56.1 cm³/mol. The first-order chi connectivity index (χ1) is 6.79. The number of nitrogens with two attached hydrogens (primary N) is 1. The summed E-state index contributed by atoms with van der Waals surface area (Å²) in [5.41, 5.74) is 6.56. The van der Waals surface area contributed by atoms with Gasteiger partial charge in [0.15, 0.2) is 0 Å². The van der Waals surface area contributed by atoms with Gasteiger partial charge in [-0.15, -0.1) is 11.3 Å². The molecule has 2 rings (SSSR count). The number of hydrogen-bond acceptors (Lipinski definition) is 3. The van der Waals surface area contributed by atoms with Gasteiger partial charge in [0, 0.05) is 22.8 Å². The maximum atomic E-state index is 11.1. The zero-order valence-corrected chi connectivity index (χ0v) is 8.12. The molecular formula is C10H8N2OS. The van der Waals surface area contributed by atoms with Crippen molar-refractivity contribution in [1.82, 2.24) is 4.98 Å². The topological polar surface area (TPSA) is 56.0 Å². The number of aromatic nitrogens is 1. The van der Waals surface area contributed by atoms with Crippen LogP contribution in [0.25, 0.3) is 10.4 Å². The van der Waals surface area contributed by atoms with Gasteiger partial charge < -0.3 is 5.73 Å². The molecule has 2 aromatic rings. The highest BCUT2D eigenvalue weighted by Crippen LogP contribution is 2.26. The Morgan fingerprint density at radius 3 is 2.93 bits per heavy atom. The molecule has 2 N–H and O–H groups in total. The van der Waals surface area contributed by atoms with Crippen LogP contribution < -0.4 is 5.73 Å². The van der Waals surface area contributed by atoms with Crippen LogP contribution >= 0.6 is 11.3 Å². The third kappa shape index (κ3) is 1.52. The lowest BCUT2D eigenvalue weighted by molar-refractivity contribution is 0.100. The third-order valence-electron chi connectivity index (χ3n) is 1.87. The van der Waals surface area contributed by atoms with Crippen LogP contribution in [0.5, 0.6) is 0 Å². The minimum absolute atomic E-state index is 0.443. The zero-order chi connectivity index (χ0) is 9.97. The lowest BCUT2D eigenvalue weighted by Crippen LogP contribution is -2.12. The monoisotopic (exact) mass is 204 g/mol. The van der Waals surface area contributed by atoms with E-state index in [-0.39, 0.29) is 0 Å². The maximum Gasteiger partial charge on any atom is 0.250 e. The molecule has 0 aliphatic heterocycles. The molecule has 3 nitrogen and oxygen atoms in total. The lowest BCUT2D eigenvalue weighted by Gasteiger charge is -2.02. The van der Waals surface area contributed by atoms with Gasteiger partial charge in [-0.05, 0) is 17.5 Å². The second-order valence-electron chi connectivity index (χ2n) is 2.76. The fourth-order valence-corrected chi connectivity index (χ4v) is 2.00. The Morgan fingerprint density at radius 2 is 2.29 bits per heavy atom.